The van der Waals surface area contributed by atoms with Gasteiger partial charge in [-0.25, -0.2) is 0 Å². The van der Waals surface area contributed by atoms with Gasteiger partial charge in [0.15, 0.2) is 0 Å². The fourth-order valence-corrected chi connectivity index (χ4v) is 1.93. The fourth-order valence-electron chi connectivity index (χ4n) is 1.18. The second kappa shape index (κ2) is 4.74. The quantitative estimate of drug-likeness (QED) is 0.516. The van der Waals surface area contributed by atoms with Gasteiger partial charge in [0.1, 0.15) is 6.10 Å². The minimum atomic E-state index is 0.404. The van der Waals surface area contributed by atoms with Crippen LogP contribution >= 0.6 is 11.3 Å². The van der Waals surface area contributed by atoms with Gasteiger partial charge in [0.2, 0.25) is 0 Å². The molecule has 1 fully saturated rings. The Hall–Kier alpha value is -0.380. The third kappa shape index (κ3) is 3.46. The lowest BCUT2D eigenvalue weighted by atomic mass is 10.3. The van der Waals surface area contributed by atoms with Gasteiger partial charge in [0, 0.05) is 11.5 Å². The van der Waals surface area contributed by atoms with Crippen molar-refractivity contribution in [3.8, 4) is 0 Å². The zero-order valence-electron chi connectivity index (χ0n) is 7.57. The molecule has 72 valence electrons. The zero-order chi connectivity index (χ0) is 8.93. The number of ether oxygens (including phenoxy) is 2. The Morgan fingerprint density at radius 2 is 2.54 bits per heavy atom. The highest BCUT2D eigenvalue weighted by Gasteiger charge is 2.21. The summed E-state index contributed by atoms with van der Waals surface area (Å²) in [4.78, 5) is 1.45. The van der Waals surface area contributed by atoms with Crippen molar-refractivity contribution >= 4 is 11.3 Å². The Bertz CT molecular complexity index is 229. The molecule has 1 aliphatic rings. The van der Waals surface area contributed by atoms with Crippen molar-refractivity contribution in [3.05, 3.63) is 22.4 Å². The van der Waals surface area contributed by atoms with Crippen LogP contribution in [0.1, 0.15) is 11.3 Å². The van der Waals surface area contributed by atoms with Crippen LogP contribution < -0.4 is 0 Å². The van der Waals surface area contributed by atoms with E-state index in [9.17, 15) is 0 Å². The molecule has 0 aliphatic carbocycles. The maximum absolute atomic E-state index is 5.44. The molecule has 0 bridgehead atoms. The molecule has 1 atom stereocenters. The van der Waals surface area contributed by atoms with E-state index >= 15 is 0 Å². The molecular weight excluding hydrogens is 184 g/mol. The van der Waals surface area contributed by atoms with Crippen molar-refractivity contribution in [2.24, 2.45) is 0 Å². The summed E-state index contributed by atoms with van der Waals surface area (Å²) in [6.07, 6.45) is 2.66. The van der Waals surface area contributed by atoms with Crippen LogP contribution in [0.4, 0.5) is 0 Å². The topological polar surface area (TPSA) is 21.8 Å². The molecule has 0 radical (unpaired) electrons. The summed E-state index contributed by atoms with van der Waals surface area (Å²) in [6.45, 7) is 2.53. The van der Waals surface area contributed by atoms with Crippen molar-refractivity contribution < 1.29 is 9.47 Å². The number of hydrogen-bond donors (Lipinski definition) is 0. The first-order valence-electron chi connectivity index (χ1n) is 4.67. The van der Waals surface area contributed by atoms with Crippen LogP contribution in [0, 0.1) is 0 Å². The molecule has 1 aromatic rings. The number of epoxide rings is 1. The zero-order valence-corrected chi connectivity index (χ0v) is 8.39. The number of hydrogen-bond acceptors (Lipinski definition) is 3. The van der Waals surface area contributed by atoms with Gasteiger partial charge < -0.3 is 9.47 Å². The third-order valence-corrected chi connectivity index (χ3v) is 2.93. The summed E-state index contributed by atoms with van der Waals surface area (Å²) in [5, 5.41) is 2.12. The van der Waals surface area contributed by atoms with Gasteiger partial charge in [-0.3, -0.25) is 0 Å². The third-order valence-electron chi connectivity index (χ3n) is 2.00. The van der Waals surface area contributed by atoms with E-state index in [1.54, 1.807) is 0 Å². The van der Waals surface area contributed by atoms with E-state index < -0.39 is 0 Å². The van der Waals surface area contributed by atoms with Gasteiger partial charge in [-0.1, -0.05) is 6.07 Å². The summed E-state index contributed by atoms with van der Waals surface area (Å²) in [5.74, 6) is 0. The highest BCUT2D eigenvalue weighted by molar-refractivity contribution is 7.09. The van der Waals surface area contributed by atoms with Crippen molar-refractivity contribution in [2.45, 2.75) is 18.9 Å². The molecule has 3 heteroatoms. The molecule has 1 aromatic heterocycles. The summed E-state index contributed by atoms with van der Waals surface area (Å²) in [7, 11) is 0. The molecule has 13 heavy (non-hydrogen) atoms. The summed E-state index contributed by atoms with van der Waals surface area (Å²) in [6, 6.07) is 4.27. The number of thiophene rings is 1. The number of aryl methyl sites for hydroxylation is 1. The van der Waals surface area contributed by atoms with Gasteiger partial charge in [-0.2, -0.15) is 0 Å². The van der Waals surface area contributed by atoms with Gasteiger partial charge in [-0.15, -0.1) is 11.3 Å². The van der Waals surface area contributed by atoms with Crippen molar-refractivity contribution in [1.82, 2.24) is 0 Å². The minimum Gasteiger partial charge on any atom is -0.379 e. The average molecular weight is 198 g/mol. The second-order valence-corrected chi connectivity index (χ2v) is 4.25. The van der Waals surface area contributed by atoms with Crippen molar-refractivity contribution in [3.63, 3.8) is 0 Å². The fraction of sp³-hybridized carbons (Fsp3) is 0.600. The lowest BCUT2D eigenvalue weighted by Crippen LogP contribution is -2.03. The monoisotopic (exact) mass is 198 g/mol. The molecule has 2 nitrogen and oxygen atoms in total. The van der Waals surface area contributed by atoms with Crippen LogP contribution in [-0.4, -0.2) is 25.9 Å². The van der Waals surface area contributed by atoms with Crippen LogP contribution in [-0.2, 0) is 15.9 Å². The number of rotatable bonds is 6. The Kier molecular flexibility index (Phi) is 3.35. The molecule has 2 rings (SSSR count). The van der Waals surface area contributed by atoms with E-state index in [1.807, 2.05) is 11.3 Å². The lowest BCUT2D eigenvalue weighted by molar-refractivity contribution is 0.115. The Morgan fingerprint density at radius 3 is 3.23 bits per heavy atom. The molecule has 0 aromatic carbocycles. The minimum absolute atomic E-state index is 0.404. The Labute approximate surface area is 82.5 Å². The largest absolute Gasteiger partial charge is 0.379 e. The maximum Gasteiger partial charge on any atom is 0.104 e. The molecule has 0 amide bonds. The molecule has 0 spiro atoms. The highest BCUT2D eigenvalue weighted by atomic mass is 32.1. The van der Waals surface area contributed by atoms with Crippen LogP contribution in [0.15, 0.2) is 17.5 Å². The molecule has 1 aliphatic heterocycles. The Morgan fingerprint density at radius 1 is 1.62 bits per heavy atom. The highest BCUT2D eigenvalue weighted by Crippen LogP contribution is 2.12. The smallest absolute Gasteiger partial charge is 0.104 e. The molecule has 1 saturated heterocycles. The van der Waals surface area contributed by atoms with Crippen molar-refractivity contribution in [1.29, 1.82) is 0 Å². The predicted molar refractivity (Wildman–Crippen MR) is 53.2 cm³/mol. The standard InChI is InChI=1S/C10H14O2S/c1(3-10-4-2-6-13-10)5-11-7-9-8-12-9/h2,4,6,9H,1,3,5,7-8H2. The van der Waals surface area contributed by atoms with E-state index in [0.29, 0.717) is 6.10 Å². The molecule has 2 heterocycles. The van der Waals surface area contributed by atoms with Crippen LogP contribution in [0.2, 0.25) is 0 Å². The second-order valence-electron chi connectivity index (χ2n) is 3.21. The molecule has 0 saturated carbocycles. The maximum atomic E-state index is 5.44. The Balaban J connectivity index is 1.48. The van der Waals surface area contributed by atoms with E-state index in [2.05, 4.69) is 17.5 Å². The van der Waals surface area contributed by atoms with Crippen molar-refractivity contribution in [2.75, 3.05) is 19.8 Å². The molecular formula is C10H14O2S. The first-order chi connectivity index (χ1) is 6.45. The summed E-state index contributed by atoms with van der Waals surface area (Å²) in [5.41, 5.74) is 0. The van der Waals surface area contributed by atoms with Gasteiger partial charge in [0.25, 0.3) is 0 Å². The van der Waals surface area contributed by atoms with Gasteiger partial charge >= 0.3 is 0 Å². The summed E-state index contributed by atoms with van der Waals surface area (Å²) >= 11 is 1.82. The average Bonchev–Trinajstić information content (AvgIpc) is 2.81. The van der Waals surface area contributed by atoms with Crippen LogP contribution in [0.25, 0.3) is 0 Å². The van der Waals surface area contributed by atoms with E-state index in [4.69, 9.17) is 9.47 Å². The summed E-state index contributed by atoms with van der Waals surface area (Å²) < 4.78 is 10.5. The first kappa shape index (κ1) is 9.19. The SMILES string of the molecule is c1csc(CCCOCC2CO2)c1. The molecule has 0 N–H and O–H groups in total. The molecule has 1 unspecified atom stereocenters. The van der Waals surface area contributed by atoms with E-state index in [1.165, 1.54) is 4.88 Å². The van der Waals surface area contributed by atoms with Gasteiger partial charge in [0.05, 0.1) is 13.2 Å². The lowest BCUT2D eigenvalue weighted by Gasteiger charge is -2.00. The predicted octanol–water partition coefficient (Wildman–Crippen LogP) is 2.10. The van der Waals surface area contributed by atoms with Gasteiger partial charge in [-0.05, 0) is 24.3 Å². The van der Waals surface area contributed by atoms with E-state index in [-0.39, 0.29) is 0 Å². The van der Waals surface area contributed by atoms with Crippen LogP contribution in [0.3, 0.4) is 0 Å². The normalized spacial score (nSPS) is 20.5. The first-order valence-corrected chi connectivity index (χ1v) is 5.55. The van der Waals surface area contributed by atoms with Crippen LogP contribution in [0.5, 0.6) is 0 Å². The van der Waals surface area contributed by atoms with E-state index in [0.717, 1.165) is 32.7 Å².